The topological polar surface area (TPSA) is 97.3 Å². The van der Waals surface area contributed by atoms with Crippen molar-refractivity contribution in [2.24, 2.45) is 5.10 Å². The minimum atomic E-state index is -0.506. The van der Waals surface area contributed by atoms with Gasteiger partial charge in [-0.15, -0.1) is 5.10 Å². The van der Waals surface area contributed by atoms with Crippen molar-refractivity contribution in [1.82, 2.24) is 10.3 Å². The summed E-state index contributed by atoms with van der Waals surface area (Å²) in [6.07, 6.45) is 0. The number of hydrogen-bond donors (Lipinski definition) is 1. The Bertz CT molecular complexity index is 977. The number of benzene rings is 2. The number of hydrazone groups is 1. The van der Waals surface area contributed by atoms with Gasteiger partial charge in [-0.3, -0.25) is 9.59 Å². The summed E-state index contributed by atoms with van der Waals surface area (Å²) in [7, 11) is 1.46. The van der Waals surface area contributed by atoms with Crippen molar-refractivity contribution in [3.05, 3.63) is 59.7 Å². The number of amidine groups is 1. The molecule has 1 N–H and O–H groups in total. The highest BCUT2D eigenvalue weighted by atomic mass is 32.2. The highest BCUT2D eigenvalue weighted by Gasteiger charge is 2.33. The minimum absolute atomic E-state index is 0.255. The van der Waals surface area contributed by atoms with Gasteiger partial charge >= 0.3 is 5.97 Å². The maximum absolute atomic E-state index is 12.3. The van der Waals surface area contributed by atoms with Gasteiger partial charge in [0.25, 0.3) is 0 Å². The van der Waals surface area contributed by atoms with Gasteiger partial charge in [0.1, 0.15) is 5.37 Å². The first-order valence-electron chi connectivity index (χ1n) is 8.67. The van der Waals surface area contributed by atoms with E-state index in [4.69, 9.17) is 9.47 Å². The zero-order valence-electron chi connectivity index (χ0n) is 16.0. The maximum atomic E-state index is 12.3. The van der Waals surface area contributed by atoms with Gasteiger partial charge in [-0.1, -0.05) is 36.0 Å². The molecule has 0 spiro atoms. The van der Waals surface area contributed by atoms with Crippen molar-refractivity contribution in [3.8, 4) is 11.5 Å². The lowest BCUT2D eigenvalue weighted by atomic mass is 10.2. The second-order valence-electron chi connectivity index (χ2n) is 6.09. The average molecular weight is 413 g/mol. The summed E-state index contributed by atoms with van der Waals surface area (Å²) in [4.78, 5) is 35.6. The van der Waals surface area contributed by atoms with Crippen molar-refractivity contribution in [3.63, 3.8) is 0 Å². The molecule has 0 saturated carbocycles. The van der Waals surface area contributed by atoms with Gasteiger partial charge in [0, 0.05) is 13.8 Å². The molecule has 0 bridgehead atoms. The third kappa shape index (κ3) is 4.75. The Balaban J connectivity index is 1.83. The van der Waals surface area contributed by atoms with E-state index < -0.39 is 11.3 Å². The molecule has 1 unspecified atom stereocenters. The zero-order chi connectivity index (χ0) is 21.0. The summed E-state index contributed by atoms with van der Waals surface area (Å²) in [5.74, 6) is -0.467. The Morgan fingerprint density at radius 3 is 2.41 bits per heavy atom. The predicted octanol–water partition coefficient (Wildman–Crippen LogP) is 2.92. The van der Waals surface area contributed by atoms with Crippen LogP contribution in [0.5, 0.6) is 11.5 Å². The number of methoxy groups -OCH3 is 1. The number of esters is 1. The van der Waals surface area contributed by atoms with Crippen LogP contribution >= 0.6 is 11.8 Å². The van der Waals surface area contributed by atoms with Crippen molar-refractivity contribution >= 4 is 34.7 Å². The van der Waals surface area contributed by atoms with E-state index >= 15 is 0 Å². The number of ether oxygens (including phenoxy) is 2. The third-order valence-electron chi connectivity index (χ3n) is 3.93. The Kier molecular flexibility index (Phi) is 6.18. The van der Waals surface area contributed by atoms with E-state index in [-0.39, 0.29) is 17.6 Å². The van der Waals surface area contributed by atoms with Crippen LogP contribution in [0.4, 0.5) is 0 Å². The Hall–Kier alpha value is -3.33. The summed E-state index contributed by atoms with van der Waals surface area (Å²) in [5, 5.41) is 7.87. The number of carbonyl (C=O) groups is 3. The van der Waals surface area contributed by atoms with Gasteiger partial charge in [0.2, 0.25) is 11.8 Å². The molecule has 0 aromatic heterocycles. The fraction of sp³-hybridized carbons (Fsp3) is 0.200. The molecule has 8 nitrogen and oxygen atoms in total. The maximum Gasteiger partial charge on any atom is 0.343 e. The number of rotatable bonds is 4. The Labute approximate surface area is 171 Å². The fourth-order valence-corrected chi connectivity index (χ4v) is 3.76. The molecule has 29 heavy (non-hydrogen) atoms. The lowest BCUT2D eigenvalue weighted by Gasteiger charge is -2.20. The van der Waals surface area contributed by atoms with E-state index in [1.165, 1.54) is 37.7 Å². The molecule has 9 heteroatoms. The molecule has 2 aromatic rings. The van der Waals surface area contributed by atoms with Crippen LogP contribution in [-0.4, -0.2) is 35.1 Å². The zero-order valence-corrected chi connectivity index (χ0v) is 16.9. The Morgan fingerprint density at radius 1 is 1.07 bits per heavy atom. The fourth-order valence-electron chi connectivity index (χ4n) is 2.63. The van der Waals surface area contributed by atoms with Gasteiger partial charge < -0.3 is 14.8 Å². The highest BCUT2D eigenvalue weighted by Crippen LogP contribution is 2.41. The average Bonchev–Trinajstić information content (AvgIpc) is 3.12. The third-order valence-corrected chi connectivity index (χ3v) is 5.04. The van der Waals surface area contributed by atoms with Crippen molar-refractivity contribution < 1.29 is 23.9 Å². The van der Waals surface area contributed by atoms with Crippen LogP contribution in [0, 0.1) is 0 Å². The largest absolute Gasteiger partial charge is 0.493 e. The standard InChI is InChI=1S/C20H19N3O5S/c1-12(24)21-20-22-23(13(2)25)18(29-20)15-9-10-16(17(11-15)27-3)28-19(26)14-7-5-4-6-8-14/h4-11,18H,1-3H3,(H,21,22,24). The van der Waals surface area contributed by atoms with E-state index in [1.807, 2.05) is 6.07 Å². The van der Waals surface area contributed by atoms with E-state index in [0.29, 0.717) is 22.0 Å². The van der Waals surface area contributed by atoms with E-state index in [9.17, 15) is 14.4 Å². The van der Waals surface area contributed by atoms with Crippen molar-refractivity contribution in [2.45, 2.75) is 19.2 Å². The van der Waals surface area contributed by atoms with Crippen LogP contribution < -0.4 is 14.8 Å². The van der Waals surface area contributed by atoms with Gasteiger partial charge in [-0.05, 0) is 29.8 Å². The molecule has 0 fully saturated rings. The lowest BCUT2D eigenvalue weighted by molar-refractivity contribution is -0.129. The molecule has 1 aliphatic rings. The van der Waals surface area contributed by atoms with Crippen LogP contribution in [0.25, 0.3) is 0 Å². The SMILES string of the molecule is COc1cc(C2SC(NC(C)=O)=NN2C(C)=O)ccc1OC(=O)c1ccccc1. The number of amides is 2. The van der Waals surface area contributed by atoms with Gasteiger partial charge in [-0.25, -0.2) is 9.80 Å². The molecule has 150 valence electrons. The second kappa shape index (κ2) is 8.78. The summed E-state index contributed by atoms with van der Waals surface area (Å²) in [6, 6.07) is 13.6. The van der Waals surface area contributed by atoms with Crippen molar-refractivity contribution in [1.29, 1.82) is 0 Å². The summed E-state index contributed by atoms with van der Waals surface area (Å²) >= 11 is 1.22. The molecule has 0 aliphatic carbocycles. The summed E-state index contributed by atoms with van der Waals surface area (Å²) in [6.45, 7) is 2.76. The number of carbonyl (C=O) groups excluding carboxylic acids is 3. The monoisotopic (exact) mass is 413 g/mol. The molecule has 1 atom stereocenters. The van der Waals surface area contributed by atoms with Gasteiger partial charge in [0.15, 0.2) is 16.7 Å². The lowest BCUT2D eigenvalue weighted by Crippen LogP contribution is -2.25. The quantitative estimate of drug-likeness (QED) is 0.611. The van der Waals surface area contributed by atoms with Crippen molar-refractivity contribution in [2.75, 3.05) is 7.11 Å². The second-order valence-corrected chi connectivity index (χ2v) is 7.15. The highest BCUT2D eigenvalue weighted by molar-refractivity contribution is 8.14. The van der Waals surface area contributed by atoms with E-state index in [2.05, 4.69) is 10.4 Å². The molecule has 1 aliphatic heterocycles. The number of nitrogens with zero attached hydrogens (tertiary/aromatic N) is 2. The first kappa shape index (κ1) is 20.4. The molecule has 0 saturated heterocycles. The van der Waals surface area contributed by atoms with Gasteiger partial charge in [0.05, 0.1) is 12.7 Å². The van der Waals surface area contributed by atoms with Crippen LogP contribution in [0.2, 0.25) is 0 Å². The molecule has 2 amide bonds. The van der Waals surface area contributed by atoms with Crippen LogP contribution in [0.15, 0.2) is 53.6 Å². The smallest absolute Gasteiger partial charge is 0.343 e. The van der Waals surface area contributed by atoms with E-state index in [0.717, 1.165) is 0 Å². The molecule has 0 radical (unpaired) electrons. The number of hydrogen-bond acceptors (Lipinski definition) is 7. The van der Waals surface area contributed by atoms with Crippen LogP contribution in [0.3, 0.4) is 0 Å². The molecule has 3 rings (SSSR count). The molecular formula is C20H19N3O5S. The van der Waals surface area contributed by atoms with Crippen LogP contribution in [0.1, 0.15) is 35.1 Å². The van der Waals surface area contributed by atoms with Gasteiger partial charge in [-0.2, -0.15) is 0 Å². The first-order valence-corrected chi connectivity index (χ1v) is 9.55. The number of nitrogens with one attached hydrogen (secondary N) is 1. The molecule has 2 aromatic carbocycles. The predicted molar refractivity (Wildman–Crippen MR) is 108 cm³/mol. The minimum Gasteiger partial charge on any atom is -0.493 e. The summed E-state index contributed by atoms with van der Waals surface area (Å²) in [5.41, 5.74) is 1.12. The Morgan fingerprint density at radius 2 is 1.79 bits per heavy atom. The molecule has 1 heterocycles. The number of thioether (sulfide) groups is 1. The normalized spacial score (nSPS) is 15.5. The summed E-state index contributed by atoms with van der Waals surface area (Å²) < 4.78 is 10.8. The molecular weight excluding hydrogens is 394 g/mol. The first-order chi connectivity index (χ1) is 13.9. The van der Waals surface area contributed by atoms with E-state index in [1.54, 1.807) is 42.5 Å². The van der Waals surface area contributed by atoms with Crippen LogP contribution in [-0.2, 0) is 9.59 Å².